The summed E-state index contributed by atoms with van der Waals surface area (Å²) in [4.78, 5) is 22.8. The van der Waals surface area contributed by atoms with Crippen LogP contribution in [-0.4, -0.2) is 43.0 Å². The van der Waals surface area contributed by atoms with Crippen LogP contribution < -0.4 is 16.2 Å². The Labute approximate surface area is 109 Å². The third-order valence-electron chi connectivity index (χ3n) is 2.21. The lowest BCUT2D eigenvalue weighted by Gasteiger charge is -2.09. The molecular formula is C10H15ClN4O3. The van der Waals surface area contributed by atoms with Crippen molar-refractivity contribution >= 4 is 23.2 Å². The maximum atomic E-state index is 11.8. The molecule has 2 N–H and O–H groups in total. The molecule has 1 aromatic rings. The van der Waals surface area contributed by atoms with E-state index in [4.69, 9.17) is 16.3 Å². The molecule has 0 saturated heterocycles. The Hall–Kier alpha value is -1.60. The van der Waals surface area contributed by atoms with E-state index in [0.29, 0.717) is 18.8 Å². The van der Waals surface area contributed by atoms with Crippen molar-refractivity contribution in [3.63, 3.8) is 0 Å². The molecule has 1 aromatic heterocycles. The second-order valence-electron chi connectivity index (χ2n) is 3.42. The topological polar surface area (TPSA) is 85.2 Å². The van der Waals surface area contributed by atoms with Crippen molar-refractivity contribution in [1.82, 2.24) is 15.1 Å². The van der Waals surface area contributed by atoms with Crippen LogP contribution in [0.15, 0.2) is 11.0 Å². The number of ether oxygens (including phenoxy) is 1. The first-order valence-corrected chi connectivity index (χ1v) is 5.67. The number of anilines is 1. The molecule has 0 radical (unpaired) electrons. The number of likely N-dealkylation sites (N-methyl/N-ethyl adjacent to an activating group) is 1. The van der Waals surface area contributed by atoms with Crippen molar-refractivity contribution in [2.75, 3.05) is 32.6 Å². The Morgan fingerprint density at radius 3 is 2.94 bits per heavy atom. The highest BCUT2D eigenvalue weighted by Gasteiger charge is 2.09. The van der Waals surface area contributed by atoms with E-state index in [1.807, 2.05) is 0 Å². The van der Waals surface area contributed by atoms with Crippen molar-refractivity contribution in [3.05, 3.63) is 21.6 Å². The number of carbonyl (C=O) groups excluding carboxylic acids is 1. The van der Waals surface area contributed by atoms with Crippen LogP contribution in [0.4, 0.5) is 5.69 Å². The summed E-state index contributed by atoms with van der Waals surface area (Å²) in [5, 5.41) is 9.11. The van der Waals surface area contributed by atoms with Gasteiger partial charge in [-0.2, -0.15) is 5.10 Å². The summed E-state index contributed by atoms with van der Waals surface area (Å²) in [6, 6.07) is 0. The monoisotopic (exact) mass is 274 g/mol. The fourth-order valence-electron chi connectivity index (χ4n) is 1.19. The van der Waals surface area contributed by atoms with Gasteiger partial charge in [0.1, 0.15) is 5.02 Å². The van der Waals surface area contributed by atoms with Gasteiger partial charge in [-0.3, -0.25) is 9.59 Å². The molecule has 18 heavy (non-hydrogen) atoms. The van der Waals surface area contributed by atoms with E-state index in [2.05, 4.69) is 15.7 Å². The number of halogens is 1. The highest BCUT2D eigenvalue weighted by atomic mass is 35.5. The number of aromatic nitrogens is 2. The zero-order valence-corrected chi connectivity index (χ0v) is 11.0. The van der Waals surface area contributed by atoms with Gasteiger partial charge in [0.25, 0.3) is 5.56 Å². The van der Waals surface area contributed by atoms with Gasteiger partial charge in [-0.15, -0.1) is 0 Å². The SMILES string of the molecule is CNC(=O)CNc1cnn(CCOC)c(=O)c1Cl. The number of rotatable bonds is 6. The molecule has 7 nitrogen and oxygen atoms in total. The molecule has 0 aromatic carbocycles. The van der Waals surface area contributed by atoms with Gasteiger partial charge in [0.05, 0.1) is 31.6 Å². The lowest BCUT2D eigenvalue weighted by molar-refractivity contribution is -0.118. The number of amides is 1. The maximum absolute atomic E-state index is 11.8. The van der Waals surface area contributed by atoms with Crippen molar-refractivity contribution < 1.29 is 9.53 Å². The molecule has 0 aliphatic carbocycles. The average molecular weight is 275 g/mol. The van der Waals surface area contributed by atoms with E-state index < -0.39 is 5.56 Å². The lowest BCUT2D eigenvalue weighted by atomic mass is 10.4. The first kappa shape index (κ1) is 14.5. The summed E-state index contributed by atoms with van der Waals surface area (Å²) in [6.45, 7) is 0.721. The molecule has 0 fully saturated rings. The number of nitrogens with one attached hydrogen (secondary N) is 2. The van der Waals surface area contributed by atoms with Crippen molar-refractivity contribution in [1.29, 1.82) is 0 Å². The lowest BCUT2D eigenvalue weighted by Crippen LogP contribution is -2.29. The molecule has 0 aliphatic heterocycles. The normalized spacial score (nSPS) is 10.2. The predicted molar refractivity (Wildman–Crippen MR) is 67.9 cm³/mol. The Morgan fingerprint density at radius 2 is 2.33 bits per heavy atom. The molecule has 1 heterocycles. The molecule has 0 bridgehead atoms. The summed E-state index contributed by atoms with van der Waals surface area (Å²) in [5.41, 5.74) is -0.0884. The predicted octanol–water partition coefficient (Wildman–Crippen LogP) is -0.299. The van der Waals surface area contributed by atoms with Gasteiger partial charge >= 0.3 is 0 Å². The van der Waals surface area contributed by atoms with Gasteiger partial charge in [-0.25, -0.2) is 4.68 Å². The van der Waals surface area contributed by atoms with Crippen LogP contribution >= 0.6 is 11.6 Å². The van der Waals surface area contributed by atoms with Gasteiger partial charge in [-0.05, 0) is 0 Å². The minimum absolute atomic E-state index is 0.00464. The summed E-state index contributed by atoms with van der Waals surface area (Å²) in [5.74, 6) is -0.213. The van der Waals surface area contributed by atoms with E-state index in [0.717, 1.165) is 0 Å². The van der Waals surface area contributed by atoms with Crippen LogP contribution in [0.3, 0.4) is 0 Å². The molecule has 0 atom stereocenters. The number of carbonyl (C=O) groups is 1. The van der Waals surface area contributed by atoms with E-state index in [9.17, 15) is 9.59 Å². The maximum Gasteiger partial charge on any atom is 0.287 e. The molecule has 100 valence electrons. The largest absolute Gasteiger partial charge is 0.383 e. The Balaban J connectivity index is 2.80. The number of hydrogen-bond acceptors (Lipinski definition) is 5. The van der Waals surface area contributed by atoms with Gasteiger partial charge in [-0.1, -0.05) is 11.6 Å². The smallest absolute Gasteiger partial charge is 0.287 e. The highest BCUT2D eigenvalue weighted by molar-refractivity contribution is 6.33. The first-order chi connectivity index (χ1) is 8.60. The fourth-order valence-corrected chi connectivity index (χ4v) is 1.40. The van der Waals surface area contributed by atoms with Crippen molar-refractivity contribution in [3.8, 4) is 0 Å². The van der Waals surface area contributed by atoms with Crippen molar-refractivity contribution in [2.24, 2.45) is 0 Å². The van der Waals surface area contributed by atoms with E-state index in [1.54, 1.807) is 0 Å². The van der Waals surface area contributed by atoms with Gasteiger partial charge in [0.15, 0.2) is 0 Å². The molecule has 0 spiro atoms. The van der Waals surface area contributed by atoms with Crippen LogP contribution in [0, 0.1) is 0 Å². The van der Waals surface area contributed by atoms with E-state index >= 15 is 0 Å². The molecule has 8 heteroatoms. The number of hydrogen-bond donors (Lipinski definition) is 2. The van der Waals surface area contributed by atoms with Gasteiger partial charge in [0.2, 0.25) is 5.91 Å². The van der Waals surface area contributed by atoms with Crippen LogP contribution in [0.2, 0.25) is 5.02 Å². The van der Waals surface area contributed by atoms with E-state index in [-0.39, 0.29) is 17.5 Å². The third-order valence-corrected chi connectivity index (χ3v) is 2.58. The van der Waals surface area contributed by atoms with Crippen LogP contribution in [-0.2, 0) is 16.1 Å². The molecular weight excluding hydrogens is 260 g/mol. The minimum atomic E-state index is -0.421. The van der Waals surface area contributed by atoms with Gasteiger partial charge in [0, 0.05) is 14.2 Å². The Kier molecular flexibility index (Phi) is 5.60. The summed E-state index contributed by atoms with van der Waals surface area (Å²) in [6.07, 6.45) is 1.41. The summed E-state index contributed by atoms with van der Waals surface area (Å²) < 4.78 is 6.06. The third kappa shape index (κ3) is 3.71. The van der Waals surface area contributed by atoms with Crippen LogP contribution in [0.25, 0.3) is 0 Å². The summed E-state index contributed by atoms with van der Waals surface area (Å²) >= 11 is 5.90. The standard InChI is InChI=1S/C10H15ClN4O3/c1-12-8(16)6-13-7-5-14-15(3-4-18-2)10(17)9(7)11/h5,13H,3-4,6H2,1-2H3,(H,12,16). The first-order valence-electron chi connectivity index (χ1n) is 5.29. The fraction of sp³-hybridized carbons (Fsp3) is 0.500. The average Bonchev–Trinajstić information content (AvgIpc) is 2.39. The quantitative estimate of drug-likeness (QED) is 0.744. The number of methoxy groups -OCH3 is 1. The van der Waals surface area contributed by atoms with Crippen LogP contribution in [0.5, 0.6) is 0 Å². The van der Waals surface area contributed by atoms with Crippen molar-refractivity contribution in [2.45, 2.75) is 6.54 Å². The Morgan fingerprint density at radius 1 is 1.61 bits per heavy atom. The molecule has 0 unspecified atom stereocenters. The zero-order chi connectivity index (χ0) is 13.5. The van der Waals surface area contributed by atoms with E-state index in [1.165, 1.54) is 25.0 Å². The second kappa shape index (κ2) is 6.97. The molecule has 0 aliphatic rings. The highest BCUT2D eigenvalue weighted by Crippen LogP contribution is 2.14. The Bertz CT molecular complexity index is 475. The minimum Gasteiger partial charge on any atom is -0.383 e. The second-order valence-corrected chi connectivity index (χ2v) is 3.80. The molecule has 1 amide bonds. The number of nitrogens with zero attached hydrogens (tertiary/aromatic N) is 2. The van der Waals surface area contributed by atoms with Gasteiger partial charge < -0.3 is 15.4 Å². The van der Waals surface area contributed by atoms with Crippen LogP contribution in [0.1, 0.15) is 0 Å². The zero-order valence-electron chi connectivity index (χ0n) is 10.2. The molecule has 1 rings (SSSR count). The summed E-state index contributed by atoms with van der Waals surface area (Å²) in [7, 11) is 3.05. The molecule has 0 saturated carbocycles.